The van der Waals surface area contributed by atoms with Gasteiger partial charge in [-0.05, 0) is 0 Å². The van der Waals surface area contributed by atoms with Gasteiger partial charge in [0.2, 0.25) is 0 Å². The minimum Gasteiger partial charge on any atom is -0.784 e. The van der Waals surface area contributed by atoms with Gasteiger partial charge in [-0.15, -0.1) is 11.4 Å². The van der Waals surface area contributed by atoms with Crippen molar-refractivity contribution in [1.82, 2.24) is 0 Å². The quantitative estimate of drug-likeness (QED) is 0.320. The summed E-state index contributed by atoms with van der Waals surface area (Å²) in [6, 6.07) is 0. The van der Waals surface area contributed by atoms with Gasteiger partial charge in [0.25, 0.3) is 0 Å². The molecule has 0 aliphatic rings. The third-order valence-electron chi connectivity index (χ3n) is 0. The van der Waals surface area contributed by atoms with E-state index in [1.165, 1.54) is 0 Å². The number of hydrogen-bond donors (Lipinski definition) is 2. The molecular weight excluding hydrogens is 332 g/mol. The third kappa shape index (κ3) is 304. The Labute approximate surface area is 188 Å². The first-order valence-corrected chi connectivity index (χ1v) is 4.60. The Morgan fingerprint density at radius 3 is 0.625 bits per heavy atom. The molecule has 16 heteroatoms. The summed E-state index contributed by atoms with van der Waals surface area (Å²) in [7, 11) is 0. The van der Waals surface area contributed by atoms with Crippen LogP contribution in [0.3, 0.4) is 0 Å². The number of hydrogen-bond acceptors (Lipinski definition) is 7. The average molecular weight is 334 g/mol. The first-order chi connectivity index (χ1) is 5.20. The monoisotopic (exact) mass is 334 g/mol. The van der Waals surface area contributed by atoms with Gasteiger partial charge < -0.3 is 27.3 Å². The standard InChI is InChI=1S/4Na.3H2O3S/c;;;;3*1-4(2)3/h;;;;3*(H2,1,2,3)/q4*+1;;;/p-4. The second-order valence-corrected chi connectivity index (χ2v) is 1.92. The smallest absolute Gasteiger partial charge is 0.784 e. The fourth-order valence-corrected chi connectivity index (χ4v) is 0. The molecule has 2 atom stereocenters. The molecular formula is H2Na4O9S3. The summed E-state index contributed by atoms with van der Waals surface area (Å²) in [6.07, 6.45) is 0. The van der Waals surface area contributed by atoms with Gasteiger partial charge in [0, 0.05) is 0 Å². The van der Waals surface area contributed by atoms with Crippen LogP contribution in [-0.2, 0) is 34.1 Å². The summed E-state index contributed by atoms with van der Waals surface area (Å²) in [5, 5.41) is 0. The Morgan fingerprint density at radius 1 is 0.625 bits per heavy atom. The molecule has 78 valence electrons. The Balaban J connectivity index is -0.0000000135. The van der Waals surface area contributed by atoms with Crippen LogP contribution < -0.4 is 118 Å². The molecule has 0 aliphatic carbocycles. The van der Waals surface area contributed by atoms with Gasteiger partial charge in [0.05, 0.1) is 22.7 Å². The average Bonchev–Trinajstić information content (AvgIpc) is 1.54. The summed E-state index contributed by atoms with van der Waals surface area (Å²) in [5.74, 6) is 0. The summed E-state index contributed by atoms with van der Waals surface area (Å²) in [6.45, 7) is 0. The molecule has 0 amide bonds. The van der Waals surface area contributed by atoms with Gasteiger partial charge in [-0.1, -0.05) is 0 Å². The van der Waals surface area contributed by atoms with E-state index >= 15 is 0 Å². The molecule has 0 aromatic heterocycles. The second kappa shape index (κ2) is 36.5. The van der Waals surface area contributed by atoms with Crippen molar-refractivity contribution in [3.05, 3.63) is 0 Å². The molecule has 0 aliphatic heterocycles. The maximum absolute atomic E-state index is 8.56. The van der Waals surface area contributed by atoms with Crippen LogP contribution in [0.1, 0.15) is 0 Å². The molecule has 0 saturated carbocycles. The van der Waals surface area contributed by atoms with Crippen molar-refractivity contribution in [3.8, 4) is 0 Å². The molecule has 2 N–H and O–H groups in total. The van der Waals surface area contributed by atoms with Crippen molar-refractivity contribution in [2.24, 2.45) is 0 Å². The summed E-state index contributed by atoms with van der Waals surface area (Å²) in [5.41, 5.74) is 0. The normalized spacial score (nSPS) is 9.94. The zero-order chi connectivity index (χ0) is 10.7. The summed E-state index contributed by atoms with van der Waals surface area (Å²) < 4.78 is 73.5. The molecule has 2 unspecified atom stereocenters. The van der Waals surface area contributed by atoms with Crippen molar-refractivity contribution < 1.29 is 158 Å². The SMILES string of the molecule is O=S([O-])O.O=S([O-])O.O=S([O-])[O-].[Na+].[Na+].[Na+].[Na+]. The van der Waals surface area contributed by atoms with Crippen molar-refractivity contribution in [2.75, 3.05) is 0 Å². The minimum absolute atomic E-state index is 0. The van der Waals surface area contributed by atoms with E-state index in [1.807, 2.05) is 0 Å². The molecule has 0 fully saturated rings. The van der Waals surface area contributed by atoms with Gasteiger partial charge in [-0.3, -0.25) is 4.21 Å². The van der Waals surface area contributed by atoms with Gasteiger partial charge in [-0.25, -0.2) is 8.42 Å². The van der Waals surface area contributed by atoms with Crippen LogP contribution in [0.2, 0.25) is 0 Å². The van der Waals surface area contributed by atoms with E-state index in [2.05, 4.69) is 0 Å². The van der Waals surface area contributed by atoms with E-state index < -0.39 is 34.1 Å². The van der Waals surface area contributed by atoms with E-state index in [1.54, 1.807) is 0 Å². The Hall–Kier alpha value is 4.21. The Kier molecular flexibility index (Phi) is 97.5. The second-order valence-electron chi connectivity index (χ2n) is 0.638. The van der Waals surface area contributed by atoms with E-state index in [9.17, 15) is 0 Å². The molecule has 0 saturated heterocycles. The van der Waals surface area contributed by atoms with Gasteiger partial charge in [0.1, 0.15) is 0 Å². The molecule has 0 aromatic rings. The predicted molar refractivity (Wildman–Crippen MR) is 32.8 cm³/mol. The van der Waals surface area contributed by atoms with E-state index in [-0.39, 0.29) is 118 Å². The first-order valence-electron chi connectivity index (χ1n) is 1.53. The van der Waals surface area contributed by atoms with Gasteiger partial charge in [0.15, 0.2) is 0 Å². The Bertz CT molecular complexity index is 120. The van der Waals surface area contributed by atoms with Crippen LogP contribution in [-0.4, -0.2) is 39.9 Å². The Morgan fingerprint density at radius 2 is 0.625 bits per heavy atom. The van der Waals surface area contributed by atoms with Crippen LogP contribution in [0.25, 0.3) is 0 Å². The van der Waals surface area contributed by atoms with Crippen LogP contribution in [0.5, 0.6) is 0 Å². The van der Waals surface area contributed by atoms with Crippen molar-refractivity contribution in [3.63, 3.8) is 0 Å². The maximum atomic E-state index is 8.56. The molecule has 0 heterocycles. The largest absolute Gasteiger partial charge is 1.00 e. The zero-order valence-electron chi connectivity index (χ0n) is 8.98. The minimum atomic E-state index is -3.11. The zero-order valence-corrected chi connectivity index (χ0v) is 19.4. The van der Waals surface area contributed by atoms with Crippen molar-refractivity contribution >= 4 is 34.1 Å². The van der Waals surface area contributed by atoms with Crippen LogP contribution >= 0.6 is 0 Å². The summed E-state index contributed by atoms with van der Waals surface area (Å²) in [4.78, 5) is 0. The van der Waals surface area contributed by atoms with Crippen LogP contribution in [0.15, 0.2) is 0 Å². The fraction of sp³-hybridized carbons (Fsp3) is 0. The van der Waals surface area contributed by atoms with E-state index in [0.29, 0.717) is 0 Å². The van der Waals surface area contributed by atoms with Crippen molar-refractivity contribution in [1.29, 1.82) is 0 Å². The van der Waals surface area contributed by atoms with Crippen LogP contribution in [0, 0.1) is 0 Å². The van der Waals surface area contributed by atoms with Crippen molar-refractivity contribution in [2.45, 2.75) is 0 Å². The van der Waals surface area contributed by atoms with Gasteiger partial charge in [-0.2, -0.15) is 0 Å². The van der Waals surface area contributed by atoms with E-state index in [4.69, 9.17) is 39.9 Å². The predicted octanol–water partition coefficient (Wildman–Crippen LogP) is -14.3. The third-order valence-corrected chi connectivity index (χ3v) is 0. The fourth-order valence-electron chi connectivity index (χ4n) is 0. The summed E-state index contributed by atoms with van der Waals surface area (Å²) >= 11 is -8.83. The maximum Gasteiger partial charge on any atom is 1.00 e. The van der Waals surface area contributed by atoms with E-state index in [0.717, 1.165) is 0 Å². The molecule has 0 rings (SSSR count). The topological polar surface area (TPSA) is 184 Å². The molecule has 0 aromatic carbocycles. The molecule has 9 nitrogen and oxygen atoms in total. The van der Waals surface area contributed by atoms with Crippen LogP contribution in [0.4, 0.5) is 0 Å². The molecule has 0 spiro atoms. The molecule has 16 heavy (non-hydrogen) atoms. The molecule has 0 radical (unpaired) electrons. The first kappa shape index (κ1) is 42.7. The molecule has 0 bridgehead atoms. The number of rotatable bonds is 0. The van der Waals surface area contributed by atoms with Gasteiger partial charge >= 0.3 is 118 Å².